The van der Waals surface area contributed by atoms with Gasteiger partial charge >= 0.3 is 0 Å². The first kappa shape index (κ1) is 12.1. The molecule has 0 aromatic heterocycles. The first-order valence-corrected chi connectivity index (χ1v) is 5.95. The molecule has 0 heterocycles. The van der Waals surface area contributed by atoms with Gasteiger partial charge in [0.15, 0.2) is 0 Å². The lowest BCUT2D eigenvalue weighted by molar-refractivity contribution is -0.132. The highest BCUT2D eigenvalue weighted by Crippen LogP contribution is 2.31. The molecule has 1 fully saturated rings. The highest BCUT2D eigenvalue weighted by Gasteiger charge is 2.33. The van der Waals surface area contributed by atoms with E-state index in [4.69, 9.17) is 23.2 Å². The third-order valence-electron chi connectivity index (χ3n) is 2.18. The summed E-state index contributed by atoms with van der Waals surface area (Å²) in [6, 6.07) is 0. The summed E-state index contributed by atoms with van der Waals surface area (Å²) in [6.07, 6.45) is 2.06. The molecule has 0 aliphatic heterocycles. The van der Waals surface area contributed by atoms with Gasteiger partial charge in [0.2, 0.25) is 5.91 Å². The molecule has 0 saturated heterocycles. The summed E-state index contributed by atoms with van der Waals surface area (Å²) < 4.78 is 0. The van der Waals surface area contributed by atoms with Crippen molar-refractivity contribution in [2.45, 2.75) is 37.4 Å². The summed E-state index contributed by atoms with van der Waals surface area (Å²) in [5.74, 6) is 0.478. The van der Waals surface area contributed by atoms with E-state index in [2.05, 4.69) is 0 Å². The van der Waals surface area contributed by atoms with Gasteiger partial charge in [-0.25, -0.2) is 0 Å². The van der Waals surface area contributed by atoms with Crippen molar-refractivity contribution in [1.29, 1.82) is 0 Å². The van der Waals surface area contributed by atoms with E-state index in [-0.39, 0.29) is 22.6 Å². The van der Waals surface area contributed by atoms with Crippen molar-refractivity contribution in [2.24, 2.45) is 5.92 Å². The predicted octanol–water partition coefficient (Wildman–Crippen LogP) is 2.48. The van der Waals surface area contributed by atoms with Crippen molar-refractivity contribution in [3.63, 3.8) is 0 Å². The molecule has 1 saturated carbocycles. The van der Waals surface area contributed by atoms with E-state index in [1.165, 1.54) is 0 Å². The Morgan fingerprint density at radius 2 is 1.71 bits per heavy atom. The Hall–Kier alpha value is 0.0500. The largest absolute Gasteiger partial charge is 0.340 e. The van der Waals surface area contributed by atoms with Gasteiger partial charge in [-0.1, -0.05) is 0 Å². The molecule has 1 amide bonds. The number of carbonyl (C=O) groups excluding carboxylic acids is 1. The fraction of sp³-hybridized carbons (Fsp3) is 0.900. The Bertz CT molecular complexity index is 192. The van der Waals surface area contributed by atoms with E-state index in [1.54, 1.807) is 4.90 Å². The summed E-state index contributed by atoms with van der Waals surface area (Å²) in [4.78, 5) is 13.6. The second-order valence-electron chi connectivity index (χ2n) is 4.08. The first-order chi connectivity index (χ1) is 6.50. The number of alkyl halides is 2. The van der Waals surface area contributed by atoms with Gasteiger partial charge < -0.3 is 4.90 Å². The lowest BCUT2D eigenvalue weighted by Crippen LogP contribution is -2.39. The topological polar surface area (TPSA) is 20.3 Å². The van der Waals surface area contributed by atoms with Crippen LogP contribution in [0.2, 0.25) is 0 Å². The lowest BCUT2D eigenvalue weighted by Gasteiger charge is -2.25. The summed E-state index contributed by atoms with van der Waals surface area (Å²) in [7, 11) is 0. The predicted molar refractivity (Wildman–Crippen MR) is 59.9 cm³/mol. The van der Waals surface area contributed by atoms with Crippen molar-refractivity contribution >= 4 is 29.1 Å². The van der Waals surface area contributed by atoms with Crippen LogP contribution in [0.4, 0.5) is 0 Å². The maximum Gasteiger partial charge on any atom is 0.225 e. The summed E-state index contributed by atoms with van der Waals surface area (Å²) in [6.45, 7) is 5.00. The zero-order valence-electron chi connectivity index (χ0n) is 8.67. The van der Waals surface area contributed by atoms with Crippen LogP contribution in [0.25, 0.3) is 0 Å². The van der Waals surface area contributed by atoms with Gasteiger partial charge in [-0.15, -0.1) is 23.2 Å². The minimum atomic E-state index is -0.00637. The Morgan fingerprint density at radius 1 is 1.29 bits per heavy atom. The molecule has 2 atom stereocenters. The molecule has 0 bridgehead atoms. The van der Waals surface area contributed by atoms with Crippen LogP contribution in [0.3, 0.4) is 0 Å². The summed E-state index contributed by atoms with van der Waals surface area (Å²) in [5.41, 5.74) is 0. The van der Waals surface area contributed by atoms with Crippen LogP contribution in [0.1, 0.15) is 26.7 Å². The van der Waals surface area contributed by atoms with Crippen LogP contribution in [-0.2, 0) is 4.79 Å². The number of halogens is 2. The minimum absolute atomic E-state index is 0.00637. The average molecular weight is 238 g/mol. The third-order valence-corrected chi connectivity index (χ3v) is 2.46. The summed E-state index contributed by atoms with van der Waals surface area (Å²) in [5, 5.41) is -0.0127. The van der Waals surface area contributed by atoms with Gasteiger partial charge in [0, 0.05) is 29.8 Å². The fourth-order valence-electron chi connectivity index (χ4n) is 1.45. The van der Waals surface area contributed by atoms with Crippen molar-refractivity contribution in [1.82, 2.24) is 4.90 Å². The van der Waals surface area contributed by atoms with Gasteiger partial charge in [0.1, 0.15) is 0 Å². The number of hydrogen-bond donors (Lipinski definition) is 0. The maximum atomic E-state index is 11.8. The van der Waals surface area contributed by atoms with Crippen molar-refractivity contribution in [3.8, 4) is 0 Å². The second kappa shape index (κ2) is 5.22. The molecule has 0 N–H and O–H groups in total. The molecule has 0 spiro atoms. The quantitative estimate of drug-likeness (QED) is 0.674. The van der Waals surface area contributed by atoms with Gasteiger partial charge in [0.25, 0.3) is 0 Å². The highest BCUT2D eigenvalue weighted by atomic mass is 35.5. The molecule has 1 aliphatic carbocycles. The molecule has 2 nitrogen and oxygen atoms in total. The minimum Gasteiger partial charge on any atom is -0.340 e. The van der Waals surface area contributed by atoms with Crippen molar-refractivity contribution < 1.29 is 4.79 Å². The number of carbonyl (C=O) groups is 1. The average Bonchev–Trinajstić information content (AvgIpc) is 2.82. The molecule has 0 aromatic rings. The first-order valence-electron chi connectivity index (χ1n) is 5.07. The van der Waals surface area contributed by atoms with Gasteiger partial charge in [-0.05, 0) is 26.7 Å². The molecule has 1 rings (SSSR count). The van der Waals surface area contributed by atoms with E-state index in [9.17, 15) is 4.79 Å². The van der Waals surface area contributed by atoms with Crippen molar-refractivity contribution in [2.75, 3.05) is 13.1 Å². The normalized spacial score (nSPS) is 20.3. The molecule has 4 heteroatoms. The van der Waals surface area contributed by atoms with E-state index in [1.807, 2.05) is 13.8 Å². The Morgan fingerprint density at radius 3 is 2.00 bits per heavy atom. The Balaban J connectivity index is 2.46. The Kier molecular flexibility index (Phi) is 4.52. The van der Waals surface area contributed by atoms with E-state index in [0.29, 0.717) is 13.1 Å². The van der Waals surface area contributed by atoms with Crippen LogP contribution < -0.4 is 0 Å². The SMILES string of the molecule is CC(Cl)CN(CC(C)Cl)C(=O)C1CC1. The number of hydrogen-bond acceptors (Lipinski definition) is 1. The van der Waals surface area contributed by atoms with Gasteiger partial charge in [0.05, 0.1) is 0 Å². The fourth-order valence-corrected chi connectivity index (χ4v) is 1.78. The van der Waals surface area contributed by atoms with Gasteiger partial charge in [-0.3, -0.25) is 4.79 Å². The number of amides is 1. The van der Waals surface area contributed by atoms with Crippen LogP contribution in [-0.4, -0.2) is 34.7 Å². The molecule has 0 radical (unpaired) electrons. The smallest absolute Gasteiger partial charge is 0.225 e. The van der Waals surface area contributed by atoms with Gasteiger partial charge in [-0.2, -0.15) is 0 Å². The molecular weight excluding hydrogens is 221 g/mol. The zero-order valence-corrected chi connectivity index (χ0v) is 10.2. The van der Waals surface area contributed by atoms with E-state index < -0.39 is 0 Å². The monoisotopic (exact) mass is 237 g/mol. The lowest BCUT2D eigenvalue weighted by atomic mass is 10.3. The molecule has 2 unspecified atom stereocenters. The number of nitrogens with zero attached hydrogens (tertiary/aromatic N) is 1. The van der Waals surface area contributed by atoms with Crippen LogP contribution in [0.5, 0.6) is 0 Å². The molecule has 14 heavy (non-hydrogen) atoms. The van der Waals surface area contributed by atoms with Crippen LogP contribution >= 0.6 is 23.2 Å². The van der Waals surface area contributed by atoms with E-state index >= 15 is 0 Å². The summed E-state index contributed by atoms with van der Waals surface area (Å²) >= 11 is 11.8. The third kappa shape index (κ3) is 4.05. The zero-order chi connectivity index (χ0) is 10.7. The Labute approximate surface area is 95.5 Å². The molecule has 1 aliphatic rings. The van der Waals surface area contributed by atoms with E-state index in [0.717, 1.165) is 12.8 Å². The number of rotatable bonds is 5. The van der Waals surface area contributed by atoms with Crippen molar-refractivity contribution in [3.05, 3.63) is 0 Å². The molecular formula is C10H17Cl2NO. The van der Waals surface area contributed by atoms with Crippen LogP contribution in [0, 0.1) is 5.92 Å². The standard InChI is InChI=1S/C10H17Cl2NO/c1-7(11)5-13(6-8(2)12)10(14)9-3-4-9/h7-9H,3-6H2,1-2H3. The highest BCUT2D eigenvalue weighted by molar-refractivity contribution is 6.21. The molecule has 82 valence electrons. The maximum absolute atomic E-state index is 11.8. The second-order valence-corrected chi connectivity index (χ2v) is 5.57. The van der Waals surface area contributed by atoms with Crippen LogP contribution in [0.15, 0.2) is 0 Å². The molecule has 0 aromatic carbocycles.